The van der Waals surface area contributed by atoms with Gasteiger partial charge in [-0.2, -0.15) is 0 Å². The van der Waals surface area contributed by atoms with Crippen molar-refractivity contribution in [2.75, 3.05) is 5.73 Å². The normalized spacial score (nSPS) is 10.1. The molecule has 18 heavy (non-hydrogen) atoms. The molecule has 0 amide bonds. The Labute approximate surface area is 106 Å². The predicted octanol–water partition coefficient (Wildman–Crippen LogP) is 2.41. The third kappa shape index (κ3) is 2.46. The van der Waals surface area contributed by atoms with Crippen LogP contribution in [-0.4, -0.2) is 14.9 Å². The second kappa shape index (κ2) is 4.84. The molecule has 2 aromatic rings. The fraction of sp³-hybridized carbons (Fsp3) is 0. The van der Waals surface area contributed by atoms with E-state index in [0.29, 0.717) is 0 Å². The number of nitro benzene ring substituents is 1. The van der Waals surface area contributed by atoms with Gasteiger partial charge in [-0.15, -0.1) is 0 Å². The average molecular weight is 267 g/mol. The molecule has 0 fully saturated rings. The van der Waals surface area contributed by atoms with E-state index in [1.54, 1.807) is 0 Å². The van der Waals surface area contributed by atoms with Crippen LogP contribution in [0, 0.1) is 10.1 Å². The summed E-state index contributed by atoms with van der Waals surface area (Å²) >= 11 is 5.87. The number of benzene rings is 1. The van der Waals surface area contributed by atoms with Gasteiger partial charge in [0.2, 0.25) is 0 Å². The molecule has 0 saturated carbocycles. The molecule has 2 N–H and O–H groups in total. The maximum Gasteiger partial charge on any atom is 0.273 e. The summed E-state index contributed by atoms with van der Waals surface area (Å²) < 4.78 is 5.30. The molecule has 0 aliphatic rings. The lowest BCUT2D eigenvalue weighted by Crippen LogP contribution is -1.98. The van der Waals surface area contributed by atoms with Crippen molar-refractivity contribution in [2.45, 2.75) is 0 Å². The molecule has 1 aromatic carbocycles. The first kappa shape index (κ1) is 12.1. The van der Waals surface area contributed by atoms with E-state index in [0.717, 1.165) is 0 Å². The number of non-ortho nitro benzene ring substituents is 1. The molecule has 1 aromatic heterocycles. The number of nitro groups is 1. The number of nitrogens with two attached hydrogens (primary N) is 1. The van der Waals surface area contributed by atoms with Gasteiger partial charge < -0.3 is 10.5 Å². The summed E-state index contributed by atoms with van der Waals surface area (Å²) in [5, 5.41) is 10.9. The molecule has 92 valence electrons. The second-order valence-electron chi connectivity index (χ2n) is 3.22. The van der Waals surface area contributed by atoms with E-state index in [9.17, 15) is 10.1 Å². The predicted molar refractivity (Wildman–Crippen MR) is 64.6 cm³/mol. The first-order valence-electron chi connectivity index (χ1n) is 4.76. The molecule has 0 unspecified atom stereocenters. The van der Waals surface area contributed by atoms with Gasteiger partial charge in [0, 0.05) is 18.5 Å². The van der Waals surface area contributed by atoms with Gasteiger partial charge in [0.1, 0.15) is 0 Å². The Bertz CT molecular complexity index is 605. The number of hydrogen-bond acceptors (Lipinski definition) is 6. The lowest BCUT2D eigenvalue weighted by Gasteiger charge is -2.07. The van der Waals surface area contributed by atoms with Crippen molar-refractivity contribution in [1.29, 1.82) is 0 Å². The minimum absolute atomic E-state index is 0.0416. The summed E-state index contributed by atoms with van der Waals surface area (Å²) in [7, 11) is 0. The first-order chi connectivity index (χ1) is 8.58. The number of halogens is 1. The minimum atomic E-state index is -0.552. The zero-order valence-corrected chi connectivity index (χ0v) is 9.66. The van der Waals surface area contributed by atoms with E-state index in [1.165, 1.54) is 30.6 Å². The summed E-state index contributed by atoms with van der Waals surface area (Å²) in [6, 6.07) is 3.83. The third-order valence-electron chi connectivity index (χ3n) is 2.02. The molecule has 0 atom stereocenters. The lowest BCUT2D eigenvalue weighted by molar-refractivity contribution is -0.384. The minimum Gasteiger partial charge on any atom is -0.434 e. The van der Waals surface area contributed by atoms with Crippen molar-refractivity contribution in [1.82, 2.24) is 9.97 Å². The van der Waals surface area contributed by atoms with Gasteiger partial charge in [-0.1, -0.05) is 11.6 Å². The van der Waals surface area contributed by atoms with Crippen LogP contribution in [0.1, 0.15) is 0 Å². The molecule has 0 aliphatic heterocycles. The van der Waals surface area contributed by atoms with Gasteiger partial charge in [0.05, 0.1) is 16.0 Å². The van der Waals surface area contributed by atoms with Crippen LogP contribution in [0.25, 0.3) is 0 Å². The van der Waals surface area contributed by atoms with Crippen molar-refractivity contribution in [2.24, 2.45) is 0 Å². The van der Waals surface area contributed by atoms with Crippen LogP contribution in [0.15, 0.2) is 30.6 Å². The van der Waals surface area contributed by atoms with Crippen molar-refractivity contribution >= 4 is 23.1 Å². The zero-order chi connectivity index (χ0) is 13.1. The summed E-state index contributed by atoms with van der Waals surface area (Å²) in [5.41, 5.74) is 5.40. The van der Waals surface area contributed by atoms with E-state index in [-0.39, 0.29) is 28.2 Å². The van der Waals surface area contributed by atoms with Crippen molar-refractivity contribution in [3.63, 3.8) is 0 Å². The molecule has 0 bridgehead atoms. The molecule has 1 heterocycles. The quantitative estimate of drug-likeness (QED) is 0.676. The van der Waals surface area contributed by atoms with Crippen LogP contribution >= 0.6 is 11.6 Å². The van der Waals surface area contributed by atoms with Gasteiger partial charge in [-0.25, -0.2) is 9.97 Å². The Kier molecular flexibility index (Phi) is 3.24. The second-order valence-corrected chi connectivity index (χ2v) is 3.63. The molecule has 0 aliphatic carbocycles. The fourth-order valence-electron chi connectivity index (χ4n) is 1.20. The van der Waals surface area contributed by atoms with Gasteiger partial charge >= 0.3 is 0 Å². The van der Waals surface area contributed by atoms with Crippen LogP contribution in [0.2, 0.25) is 5.02 Å². The maximum absolute atomic E-state index is 10.6. The highest BCUT2D eigenvalue weighted by Gasteiger charge is 2.13. The highest BCUT2D eigenvalue weighted by atomic mass is 35.5. The first-order valence-corrected chi connectivity index (χ1v) is 5.14. The summed E-state index contributed by atoms with van der Waals surface area (Å²) in [5.74, 6) is 0.207. The van der Waals surface area contributed by atoms with Crippen LogP contribution < -0.4 is 10.5 Å². The maximum atomic E-state index is 10.6. The van der Waals surface area contributed by atoms with Crippen LogP contribution in [0.3, 0.4) is 0 Å². The smallest absolute Gasteiger partial charge is 0.273 e. The Hall–Kier alpha value is -2.41. The lowest BCUT2D eigenvalue weighted by atomic mass is 10.3. The number of nitrogens with zero attached hydrogens (tertiary/aromatic N) is 3. The number of anilines is 1. The van der Waals surface area contributed by atoms with Gasteiger partial charge in [0.25, 0.3) is 11.6 Å². The van der Waals surface area contributed by atoms with Crippen molar-refractivity contribution in [3.8, 4) is 11.6 Å². The molecular weight excluding hydrogens is 260 g/mol. The monoisotopic (exact) mass is 266 g/mol. The third-order valence-corrected chi connectivity index (χ3v) is 2.34. The van der Waals surface area contributed by atoms with Gasteiger partial charge in [0.15, 0.2) is 11.6 Å². The number of hydrogen-bond donors (Lipinski definition) is 1. The summed E-state index contributed by atoms with van der Waals surface area (Å²) in [4.78, 5) is 17.7. The van der Waals surface area contributed by atoms with E-state index < -0.39 is 4.92 Å². The van der Waals surface area contributed by atoms with E-state index in [2.05, 4.69) is 9.97 Å². The van der Waals surface area contributed by atoms with E-state index in [1.807, 2.05) is 0 Å². The van der Waals surface area contributed by atoms with Crippen LogP contribution in [-0.2, 0) is 0 Å². The van der Waals surface area contributed by atoms with Crippen LogP contribution in [0.5, 0.6) is 11.6 Å². The summed E-state index contributed by atoms with van der Waals surface area (Å²) in [6.07, 6.45) is 2.79. The van der Waals surface area contributed by atoms with Crippen molar-refractivity contribution < 1.29 is 9.66 Å². The summed E-state index contributed by atoms with van der Waals surface area (Å²) in [6.45, 7) is 0. The number of rotatable bonds is 3. The molecular formula is C10H7ClN4O3. The van der Waals surface area contributed by atoms with E-state index in [4.69, 9.17) is 22.1 Å². The Morgan fingerprint density at radius 1 is 1.33 bits per heavy atom. The van der Waals surface area contributed by atoms with E-state index >= 15 is 0 Å². The van der Waals surface area contributed by atoms with Crippen molar-refractivity contribution in [3.05, 3.63) is 45.7 Å². The topological polar surface area (TPSA) is 104 Å². The molecule has 0 spiro atoms. The number of nitrogen functional groups attached to an aromatic ring is 1. The zero-order valence-electron chi connectivity index (χ0n) is 8.91. The molecule has 0 radical (unpaired) electrons. The standard InChI is InChI=1S/C10H7ClN4O3/c11-7-2-1-6(15(16)17)5-8(7)18-10-9(12)13-3-4-14-10/h1-5H,(H2,12,13). The Morgan fingerprint density at radius 2 is 2.06 bits per heavy atom. The van der Waals surface area contributed by atoms with Crippen LogP contribution in [0.4, 0.5) is 11.5 Å². The molecule has 8 heteroatoms. The average Bonchev–Trinajstić information content (AvgIpc) is 2.34. The Morgan fingerprint density at radius 3 is 2.72 bits per heavy atom. The Balaban J connectivity index is 2.37. The highest BCUT2D eigenvalue weighted by Crippen LogP contribution is 2.33. The number of ether oxygens (including phenoxy) is 1. The fourth-order valence-corrected chi connectivity index (χ4v) is 1.36. The molecule has 0 saturated heterocycles. The van der Waals surface area contributed by atoms with Gasteiger partial charge in [-0.3, -0.25) is 10.1 Å². The molecule has 7 nitrogen and oxygen atoms in total. The highest BCUT2D eigenvalue weighted by molar-refractivity contribution is 6.32. The largest absolute Gasteiger partial charge is 0.434 e. The number of aromatic nitrogens is 2. The SMILES string of the molecule is Nc1nccnc1Oc1cc([N+](=O)[O-])ccc1Cl. The van der Waals surface area contributed by atoms with Gasteiger partial charge in [-0.05, 0) is 6.07 Å². The molecule has 2 rings (SSSR count).